The number of furan rings is 1. The summed E-state index contributed by atoms with van der Waals surface area (Å²) in [5, 5.41) is 11.8. The van der Waals surface area contributed by atoms with Crippen molar-refractivity contribution in [1.82, 2.24) is 5.32 Å². The summed E-state index contributed by atoms with van der Waals surface area (Å²) in [4.78, 5) is 11.4. The van der Waals surface area contributed by atoms with E-state index < -0.39 is 0 Å². The lowest BCUT2D eigenvalue weighted by Gasteiger charge is -2.06. The normalized spacial score (nSPS) is 31.7. The molecule has 72 valence electrons. The van der Waals surface area contributed by atoms with Gasteiger partial charge in [-0.25, -0.2) is 0 Å². The van der Waals surface area contributed by atoms with Crippen molar-refractivity contribution >= 4 is 5.91 Å². The molecule has 0 aromatic carbocycles. The second kappa shape index (κ2) is 2.41. The Balaban J connectivity index is 2.07. The number of aliphatic hydroxyl groups excluding tert-OH is 1. The molecule has 3 rings (SSSR count). The lowest BCUT2D eigenvalue weighted by atomic mass is 9.98. The van der Waals surface area contributed by atoms with Crippen LogP contribution in [0.5, 0.6) is 0 Å². The molecule has 1 aromatic heterocycles. The van der Waals surface area contributed by atoms with Gasteiger partial charge in [0.05, 0.1) is 24.1 Å². The van der Waals surface area contributed by atoms with E-state index in [0.29, 0.717) is 12.0 Å². The lowest BCUT2D eigenvalue weighted by molar-refractivity contribution is -0.116. The third-order valence-electron chi connectivity index (χ3n) is 3.01. The fraction of sp³-hybridized carbons (Fsp3) is 0.300. The molecule has 0 saturated carbocycles. The van der Waals surface area contributed by atoms with Crippen molar-refractivity contribution in [3.05, 3.63) is 35.5 Å². The second-order valence-corrected chi connectivity index (χ2v) is 3.65. The molecule has 2 heterocycles. The molecule has 2 aliphatic rings. The van der Waals surface area contributed by atoms with Crippen LogP contribution in [0.2, 0.25) is 0 Å². The highest BCUT2D eigenvalue weighted by Crippen LogP contribution is 2.44. The topological polar surface area (TPSA) is 62.5 Å². The first-order valence-corrected chi connectivity index (χ1v) is 4.52. The molecule has 14 heavy (non-hydrogen) atoms. The molecule has 4 heteroatoms. The fourth-order valence-electron chi connectivity index (χ4n) is 2.34. The molecule has 1 aromatic rings. The minimum absolute atomic E-state index is 0.00495. The zero-order valence-electron chi connectivity index (χ0n) is 7.36. The van der Waals surface area contributed by atoms with Crippen LogP contribution in [0.4, 0.5) is 0 Å². The number of rotatable bonds is 0. The maximum Gasteiger partial charge on any atom is 0.251 e. The van der Waals surface area contributed by atoms with Gasteiger partial charge < -0.3 is 14.8 Å². The lowest BCUT2D eigenvalue weighted by Crippen LogP contribution is -2.18. The number of nitrogens with one attached hydrogen (secondary N) is 1. The Kier molecular flexibility index (Phi) is 1.32. The Labute approximate surface area is 80.2 Å². The van der Waals surface area contributed by atoms with Gasteiger partial charge in [0.15, 0.2) is 0 Å². The van der Waals surface area contributed by atoms with Crippen molar-refractivity contribution in [2.24, 2.45) is 5.92 Å². The van der Waals surface area contributed by atoms with Gasteiger partial charge in [-0.1, -0.05) is 0 Å². The van der Waals surface area contributed by atoms with E-state index >= 15 is 0 Å². The predicted molar refractivity (Wildman–Crippen MR) is 47.5 cm³/mol. The van der Waals surface area contributed by atoms with E-state index in [1.165, 1.54) is 0 Å². The summed E-state index contributed by atoms with van der Waals surface area (Å²) >= 11 is 0. The van der Waals surface area contributed by atoms with Crippen LogP contribution in [0.25, 0.3) is 0 Å². The first-order valence-electron chi connectivity index (χ1n) is 4.52. The van der Waals surface area contributed by atoms with E-state index in [1.807, 2.05) is 6.07 Å². The van der Waals surface area contributed by atoms with Gasteiger partial charge in [0.2, 0.25) is 0 Å². The van der Waals surface area contributed by atoms with Crippen molar-refractivity contribution in [3.8, 4) is 0 Å². The number of carbonyl (C=O) groups excluding carboxylic acids is 1. The highest BCUT2D eigenvalue weighted by molar-refractivity contribution is 5.97. The number of carbonyl (C=O) groups is 1. The van der Waals surface area contributed by atoms with E-state index in [-0.39, 0.29) is 17.9 Å². The van der Waals surface area contributed by atoms with Gasteiger partial charge >= 0.3 is 0 Å². The van der Waals surface area contributed by atoms with Crippen LogP contribution in [0, 0.1) is 5.92 Å². The number of fused-ring (bicyclic) bond motifs is 3. The Morgan fingerprint density at radius 3 is 3.29 bits per heavy atom. The maximum atomic E-state index is 11.4. The molecule has 2 unspecified atom stereocenters. The summed E-state index contributed by atoms with van der Waals surface area (Å²) in [7, 11) is 0. The van der Waals surface area contributed by atoms with Crippen LogP contribution in [-0.2, 0) is 11.2 Å². The second-order valence-electron chi connectivity index (χ2n) is 3.65. The van der Waals surface area contributed by atoms with Crippen LogP contribution in [0.1, 0.15) is 17.4 Å². The van der Waals surface area contributed by atoms with Crippen molar-refractivity contribution in [2.45, 2.75) is 12.5 Å². The third-order valence-corrected chi connectivity index (χ3v) is 3.01. The van der Waals surface area contributed by atoms with Gasteiger partial charge in [-0.2, -0.15) is 0 Å². The summed E-state index contributed by atoms with van der Waals surface area (Å²) < 4.78 is 5.28. The molecule has 1 saturated heterocycles. The zero-order valence-corrected chi connectivity index (χ0v) is 7.36. The highest BCUT2D eigenvalue weighted by atomic mass is 16.3. The molecular weight excluding hydrogens is 182 g/mol. The molecule has 2 N–H and O–H groups in total. The molecule has 1 amide bonds. The van der Waals surface area contributed by atoms with Crippen molar-refractivity contribution < 1.29 is 14.3 Å². The van der Waals surface area contributed by atoms with Gasteiger partial charge in [0.1, 0.15) is 5.76 Å². The Hall–Kier alpha value is -1.71. The molecule has 1 aliphatic heterocycles. The van der Waals surface area contributed by atoms with E-state index in [2.05, 4.69) is 5.32 Å². The minimum atomic E-state index is -0.172. The smallest absolute Gasteiger partial charge is 0.251 e. The van der Waals surface area contributed by atoms with Crippen molar-refractivity contribution in [2.75, 3.05) is 0 Å². The summed E-state index contributed by atoms with van der Waals surface area (Å²) in [5.74, 6) is 0.788. The van der Waals surface area contributed by atoms with Crippen LogP contribution in [0.15, 0.2) is 28.6 Å². The van der Waals surface area contributed by atoms with E-state index in [0.717, 1.165) is 17.6 Å². The Morgan fingerprint density at radius 2 is 2.50 bits per heavy atom. The molecule has 1 fully saturated rings. The van der Waals surface area contributed by atoms with E-state index in [4.69, 9.17) is 9.52 Å². The average Bonchev–Trinajstić information content (AvgIpc) is 2.76. The first kappa shape index (κ1) is 7.67. The molecule has 0 bridgehead atoms. The van der Waals surface area contributed by atoms with Crippen LogP contribution < -0.4 is 5.32 Å². The molecule has 0 spiro atoms. The Morgan fingerprint density at radius 1 is 1.64 bits per heavy atom. The molecule has 4 nitrogen and oxygen atoms in total. The van der Waals surface area contributed by atoms with Crippen LogP contribution >= 0.6 is 0 Å². The van der Waals surface area contributed by atoms with Crippen LogP contribution in [0.3, 0.4) is 0 Å². The van der Waals surface area contributed by atoms with Gasteiger partial charge in [-0.05, 0) is 6.07 Å². The quantitative estimate of drug-likeness (QED) is 0.476. The average molecular weight is 191 g/mol. The third kappa shape index (κ3) is 0.755. The standard InChI is InChI=1S/C10H9NO3/c12-4-7-6-3-8-5(1-2-14-8)9(6)11-10(7)13/h1-2,4,6,9,12H,3H2,(H,11,13)/b7-4-. The summed E-state index contributed by atoms with van der Waals surface area (Å²) in [5.41, 5.74) is 1.50. The fourth-order valence-corrected chi connectivity index (χ4v) is 2.34. The molecule has 0 radical (unpaired) electrons. The zero-order chi connectivity index (χ0) is 9.71. The number of amides is 1. The molecular formula is C10H9NO3. The number of aliphatic hydroxyl groups is 1. The van der Waals surface area contributed by atoms with Gasteiger partial charge in [0.25, 0.3) is 5.91 Å². The van der Waals surface area contributed by atoms with Gasteiger partial charge in [0, 0.05) is 17.9 Å². The summed E-state index contributed by atoms with van der Waals surface area (Å²) in [6.07, 6.45) is 3.23. The largest absolute Gasteiger partial charge is 0.515 e. The predicted octanol–water partition coefficient (Wildman–Crippen LogP) is 1.06. The summed E-state index contributed by atoms with van der Waals surface area (Å²) in [6.45, 7) is 0. The maximum absolute atomic E-state index is 11.4. The molecule has 2 atom stereocenters. The summed E-state index contributed by atoms with van der Waals surface area (Å²) in [6, 6.07) is 1.87. The first-order chi connectivity index (χ1) is 6.81. The number of hydrogen-bond acceptors (Lipinski definition) is 3. The van der Waals surface area contributed by atoms with E-state index in [9.17, 15) is 4.79 Å². The molecule has 1 aliphatic carbocycles. The van der Waals surface area contributed by atoms with Gasteiger partial charge in [-0.3, -0.25) is 4.79 Å². The van der Waals surface area contributed by atoms with Gasteiger partial charge in [-0.15, -0.1) is 0 Å². The minimum Gasteiger partial charge on any atom is -0.515 e. The SMILES string of the molecule is O=C1NC2c3ccoc3CC2/C1=C/O. The highest BCUT2D eigenvalue weighted by Gasteiger charge is 2.45. The monoisotopic (exact) mass is 191 g/mol. The van der Waals surface area contributed by atoms with Crippen LogP contribution in [-0.4, -0.2) is 11.0 Å². The van der Waals surface area contributed by atoms with Crippen molar-refractivity contribution in [1.29, 1.82) is 0 Å². The number of hydrogen-bond donors (Lipinski definition) is 2. The Bertz CT molecular complexity index is 432. The van der Waals surface area contributed by atoms with Crippen molar-refractivity contribution in [3.63, 3.8) is 0 Å². The van der Waals surface area contributed by atoms with E-state index in [1.54, 1.807) is 6.26 Å².